The number of nitrogens with zero attached hydrogens (tertiary/aromatic N) is 1. The Morgan fingerprint density at radius 2 is 2.06 bits per heavy atom. The molecular formula is C14H19NO2. The fourth-order valence-corrected chi connectivity index (χ4v) is 1.97. The van der Waals surface area contributed by atoms with Crippen LogP contribution in [-0.4, -0.2) is 25.7 Å². The maximum atomic E-state index is 5.64. The van der Waals surface area contributed by atoms with Gasteiger partial charge in [0.15, 0.2) is 0 Å². The first-order chi connectivity index (χ1) is 8.19. The molecular weight excluding hydrogens is 214 g/mol. The molecule has 92 valence electrons. The summed E-state index contributed by atoms with van der Waals surface area (Å²) in [5.74, 6) is 2.27. The van der Waals surface area contributed by atoms with Crippen LogP contribution in [0.5, 0.6) is 5.75 Å². The van der Waals surface area contributed by atoms with E-state index in [9.17, 15) is 0 Å². The van der Waals surface area contributed by atoms with Crippen LogP contribution in [-0.2, 0) is 4.74 Å². The summed E-state index contributed by atoms with van der Waals surface area (Å²) in [4.78, 5) is 4.61. The number of hydrogen-bond acceptors (Lipinski definition) is 3. The highest BCUT2D eigenvalue weighted by Gasteiger charge is 2.20. The second-order valence-corrected chi connectivity index (χ2v) is 4.76. The number of aliphatic imine (C=N–C) groups is 1. The molecule has 2 rings (SSSR count). The van der Waals surface area contributed by atoms with Crippen molar-refractivity contribution in [3.63, 3.8) is 0 Å². The van der Waals surface area contributed by atoms with Crippen LogP contribution in [0.15, 0.2) is 29.3 Å². The average Bonchev–Trinajstić information content (AvgIpc) is 2.77. The van der Waals surface area contributed by atoms with E-state index in [1.165, 1.54) is 0 Å². The van der Waals surface area contributed by atoms with Crippen LogP contribution < -0.4 is 4.74 Å². The van der Waals surface area contributed by atoms with E-state index < -0.39 is 0 Å². The Bertz CT molecular complexity index is 395. The summed E-state index contributed by atoms with van der Waals surface area (Å²) in [5.41, 5.74) is 1.03. The highest BCUT2D eigenvalue weighted by Crippen LogP contribution is 2.19. The Balaban J connectivity index is 2.07. The van der Waals surface area contributed by atoms with E-state index in [0.717, 1.165) is 23.6 Å². The molecule has 1 aromatic carbocycles. The molecule has 0 fully saturated rings. The first kappa shape index (κ1) is 12.0. The molecule has 1 aliphatic heterocycles. The summed E-state index contributed by atoms with van der Waals surface area (Å²) in [5, 5.41) is 0. The van der Waals surface area contributed by atoms with E-state index in [4.69, 9.17) is 9.47 Å². The van der Waals surface area contributed by atoms with Crippen LogP contribution in [0.4, 0.5) is 0 Å². The molecule has 1 aliphatic rings. The minimum Gasteiger partial charge on any atom is -0.497 e. The van der Waals surface area contributed by atoms with Gasteiger partial charge in [-0.15, -0.1) is 0 Å². The molecule has 1 aromatic rings. The van der Waals surface area contributed by atoms with Gasteiger partial charge in [0.1, 0.15) is 12.4 Å². The van der Waals surface area contributed by atoms with Crippen LogP contribution in [0.3, 0.4) is 0 Å². The summed E-state index contributed by atoms with van der Waals surface area (Å²) in [6.45, 7) is 5.13. The van der Waals surface area contributed by atoms with Gasteiger partial charge in [0, 0.05) is 5.56 Å². The fourth-order valence-electron chi connectivity index (χ4n) is 1.97. The van der Waals surface area contributed by atoms with Crippen molar-refractivity contribution in [2.45, 2.75) is 26.3 Å². The molecule has 0 amide bonds. The van der Waals surface area contributed by atoms with Crippen LogP contribution in [0, 0.1) is 5.92 Å². The summed E-state index contributed by atoms with van der Waals surface area (Å²) in [6, 6.07) is 8.13. The number of ether oxygens (including phenoxy) is 2. The van der Waals surface area contributed by atoms with Gasteiger partial charge in [-0.05, 0) is 36.6 Å². The number of rotatable bonds is 4. The summed E-state index contributed by atoms with van der Waals surface area (Å²) >= 11 is 0. The van der Waals surface area contributed by atoms with Crippen LogP contribution >= 0.6 is 0 Å². The zero-order chi connectivity index (χ0) is 12.3. The highest BCUT2D eigenvalue weighted by molar-refractivity contribution is 5.95. The third kappa shape index (κ3) is 2.99. The minimum atomic E-state index is 0.312. The van der Waals surface area contributed by atoms with Crippen molar-refractivity contribution < 1.29 is 9.47 Å². The Hall–Kier alpha value is -1.51. The second-order valence-electron chi connectivity index (χ2n) is 4.76. The lowest BCUT2D eigenvalue weighted by molar-refractivity contribution is 0.301. The number of hydrogen-bond donors (Lipinski definition) is 0. The quantitative estimate of drug-likeness (QED) is 0.800. The van der Waals surface area contributed by atoms with E-state index in [2.05, 4.69) is 18.8 Å². The maximum absolute atomic E-state index is 5.64. The lowest BCUT2D eigenvalue weighted by Gasteiger charge is -2.06. The zero-order valence-corrected chi connectivity index (χ0v) is 10.6. The molecule has 0 aliphatic carbocycles. The van der Waals surface area contributed by atoms with Gasteiger partial charge in [-0.1, -0.05) is 13.8 Å². The molecule has 1 unspecified atom stereocenters. The molecule has 0 saturated heterocycles. The van der Waals surface area contributed by atoms with Crippen molar-refractivity contribution in [3.05, 3.63) is 29.8 Å². The molecule has 0 saturated carbocycles. The minimum absolute atomic E-state index is 0.312. The topological polar surface area (TPSA) is 30.8 Å². The predicted molar refractivity (Wildman–Crippen MR) is 68.7 cm³/mol. The lowest BCUT2D eigenvalue weighted by Crippen LogP contribution is -2.09. The van der Waals surface area contributed by atoms with Gasteiger partial charge in [-0.2, -0.15) is 0 Å². The van der Waals surface area contributed by atoms with Crippen molar-refractivity contribution in [1.82, 2.24) is 0 Å². The Kier molecular flexibility index (Phi) is 3.67. The smallest absolute Gasteiger partial charge is 0.216 e. The number of benzene rings is 1. The average molecular weight is 233 g/mol. The van der Waals surface area contributed by atoms with Crippen LogP contribution in [0.1, 0.15) is 25.8 Å². The molecule has 3 nitrogen and oxygen atoms in total. The van der Waals surface area contributed by atoms with Gasteiger partial charge in [-0.25, -0.2) is 4.99 Å². The maximum Gasteiger partial charge on any atom is 0.216 e. The normalized spacial score (nSPS) is 19.1. The monoisotopic (exact) mass is 233 g/mol. The van der Waals surface area contributed by atoms with Crippen molar-refractivity contribution in [3.8, 4) is 5.75 Å². The van der Waals surface area contributed by atoms with Crippen LogP contribution in [0.25, 0.3) is 0 Å². The third-order valence-electron chi connectivity index (χ3n) is 2.79. The van der Waals surface area contributed by atoms with Gasteiger partial charge < -0.3 is 9.47 Å². The van der Waals surface area contributed by atoms with E-state index in [0.29, 0.717) is 18.6 Å². The molecule has 0 radical (unpaired) electrons. The van der Waals surface area contributed by atoms with Crippen molar-refractivity contribution in [1.29, 1.82) is 0 Å². The van der Waals surface area contributed by atoms with Gasteiger partial charge in [-0.3, -0.25) is 0 Å². The van der Waals surface area contributed by atoms with Crippen molar-refractivity contribution >= 4 is 5.90 Å². The molecule has 0 N–H and O–H groups in total. The first-order valence-corrected chi connectivity index (χ1v) is 6.04. The second kappa shape index (κ2) is 5.21. The molecule has 3 heteroatoms. The lowest BCUT2D eigenvalue weighted by atomic mass is 10.1. The predicted octanol–water partition coefficient (Wildman–Crippen LogP) is 2.89. The molecule has 0 bridgehead atoms. The Labute approximate surface area is 102 Å². The molecule has 17 heavy (non-hydrogen) atoms. The SMILES string of the molecule is COc1ccc(C2=NC(CC(C)C)CO2)cc1. The first-order valence-electron chi connectivity index (χ1n) is 6.04. The van der Waals surface area contributed by atoms with Crippen LogP contribution in [0.2, 0.25) is 0 Å². The zero-order valence-electron chi connectivity index (χ0n) is 10.6. The Morgan fingerprint density at radius 1 is 1.35 bits per heavy atom. The van der Waals surface area contributed by atoms with Crippen molar-refractivity contribution in [2.75, 3.05) is 13.7 Å². The van der Waals surface area contributed by atoms with Crippen molar-refractivity contribution in [2.24, 2.45) is 10.9 Å². The largest absolute Gasteiger partial charge is 0.497 e. The van der Waals surface area contributed by atoms with Gasteiger partial charge in [0.25, 0.3) is 0 Å². The molecule has 0 aromatic heterocycles. The number of methoxy groups -OCH3 is 1. The van der Waals surface area contributed by atoms with E-state index in [-0.39, 0.29) is 0 Å². The highest BCUT2D eigenvalue weighted by atomic mass is 16.5. The van der Waals surface area contributed by atoms with Gasteiger partial charge in [0.05, 0.1) is 13.2 Å². The van der Waals surface area contributed by atoms with E-state index >= 15 is 0 Å². The summed E-state index contributed by atoms with van der Waals surface area (Å²) < 4.78 is 10.8. The Morgan fingerprint density at radius 3 is 2.65 bits per heavy atom. The third-order valence-corrected chi connectivity index (χ3v) is 2.79. The molecule has 0 spiro atoms. The summed E-state index contributed by atoms with van der Waals surface area (Å²) in [7, 11) is 1.66. The molecule has 1 heterocycles. The fraction of sp³-hybridized carbons (Fsp3) is 0.500. The molecule has 1 atom stereocenters. The standard InChI is InChI=1S/C14H19NO2/c1-10(2)8-12-9-17-14(15-12)11-4-6-13(16-3)7-5-11/h4-7,10,12H,8-9H2,1-3H3. The van der Waals surface area contributed by atoms with E-state index in [1.54, 1.807) is 7.11 Å². The van der Waals surface area contributed by atoms with Gasteiger partial charge in [0.2, 0.25) is 5.90 Å². The van der Waals surface area contributed by atoms with E-state index in [1.807, 2.05) is 24.3 Å². The van der Waals surface area contributed by atoms with Gasteiger partial charge >= 0.3 is 0 Å². The summed E-state index contributed by atoms with van der Waals surface area (Å²) in [6.07, 6.45) is 1.08.